The molecule has 0 saturated heterocycles. The summed E-state index contributed by atoms with van der Waals surface area (Å²) in [6.07, 6.45) is 9.81. The third-order valence-electron chi connectivity index (χ3n) is 7.02. The Labute approximate surface area is 205 Å². The Morgan fingerprint density at radius 2 is 1.12 bits per heavy atom. The number of hydrogen-bond acceptors (Lipinski definition) is 4. The molecule has 34 heavy (non-hydrogen) atoms. The van der Waals surface area contributed by atoms with Gasteiger partial charge in [-0.1, -0.05) is 66.5 Å². The highest BCUT2D eigenvalue weighted by molar-refractivity contribution is 5.86. The lowest BCUT2D eigenvalue weighted by atomic mass is 9.90. The van der Waals surface area contributed by atoms with Gasteiger partial charge in [-0.3, -0.25) is 9.98 Å². The van der Waals surface area contributed by atoms with Gasteiger partial charge in [0, 0.05) is 23.6 Å². The van der Waals surface area contributed by atoms with E-state index in [4.69, 9.17) is 9.98 Å². The van der Waals surface area contributed by atoms with Crippen LogP contribution in [0.15, 0.2) is 34.3 Å². The fourth-order valence-electron chi connectivity index (χ4n) is 4.77. The first-order chi connectivity index (χ1) is 16.2. The summed E-state index contributed by atoms with van der Waals surface area (Å²) in [5.74, 6) is 1.20. The molecule has 1 aliphatic rings. The van der Waals surface area contributed by atoms with Crippen molar-refractivity contribution in [3.8, 4) is 11.5 Å². The van der Waals surface area contributed by atoms with Gasteiger partial charge in [0.25, 0.3) is 0 Å². The van der Waals surface area contributed by atoms with Crippen molar-refractivity contribution in [2.45, 2.75) is 104 Å². The molecule has 2 aromatic rings. The van der Waals surface area contributed by atoms with Gasteiger partial charge < -0.3 is 10.2 Å². The lowest BCUT2D eigenvalue weighted by Crippen LogP contribution is -2.27. The molecule has 0 spiro atoms. The Balaban J connectivity index is 1.88. The van der Waals surface area contributed by atoms with Crippen molar-refractivity contribution in [3.63, 3.8) is 0 Å². The predicted octanol–water partition coefficient (Wildman–Crippen LogP) is 7.32. The SMILES string of the molecule is CCc1cc(C=NC2CCCCC2N=Cc2cc(CC)cc(C(C)C)c2O)c(O)c(C(C)C)c1. The quantitative estimate of drug-likeness (QED) is 0.404. The summed E-state index contributed by atoms with van der Waals surface area (Å²) in [4.78, 5) is 9.85. The van der Waals surface area contributed by atoms with Crippen molar-refractivity contribution in [1.29, 1.82) is 0 Å². The Bertz CT molecular complexity index is 953. The van der Waals surface area contributed by atoms with Gasteiger partial charge in [0.15, 0.2) is 0 Å². The molecule has 0 bridgehead atoms. The lowest BCUT2D eigenvalue weighted by Gasteiger charge is -2.25. The minimum absolute atomic E-state index is 0.0817. The molecule has 0 amide bonds. The summed E-state index contributed by atoms with van der Waals surface area (Å²) in [6, 6.07) is 8.47. The van der Waals surface area contributed by atoms with Crippen LogP contribution in [-0.4, -0.2) is 34.7 Å². The molecule has 0 radical (unpaired) electrons. The normalized spacial score (nSPS) is 19.2. The van der Waals surface area contributed by atoms with E-state index in [1.807, 2.05) is 24.6 Å². The van der Waals surface area contributed by atoms with Crippen molar-refractivity contribution in [3.05, 3.63) is 57.6 Å². The molecule has 184 valence electrons. The molecule has 0 aromatic heterocycles. The highest BCUT2D eigenvalue weighted by Gasteiger charge is 2.24. The highest BCUT2D eigenvalue weighted by Crippen LogP contribution is 2.32. The van der Waals surface area contributed by atoms with Crippen LogP contribution in [0.4, 0.5) is 0 Å². The average molecular weight is 463 g/mol. The van der Waals surface area contributed by atoms with E-state index in [1.54, 1.807) is 0 Å². The number of phenolic OH excluding ortho intramolecular Hbond substituents is 2. The van der Waals surface area contributed by atoms with E-state index in [0.29, 0.717) is 11.5 Å². The van der Waals surface area contributed by atoms with E-state index in [2.05, 4.69) is 53.7 Å². The number of rotatable bonds is 8. The second-order valence-corrected chi connectivity index (χ2v) is 10.2. The fraction of sp³-hybridized carbons (Fsp3) is 0.533. The molecule has 4 nitrogen and oxygen atoms in total. The second kappa shape index (κ2) is 11.7. The van der Waals surface area contributed by atoms with Gasteiger partial charge in [-0.2, -0.15) is 0 Å². The first kappa shape index (κ1) is 26.0. The minimum Gasteiger partial charge on any atom is -0.507 e. The number of nitrogens with zero attached hydrogens (tertiary/aromatic N) is 2. The number of aryl methyl sites for hydroxylation is 2. The van der Waals surface area contributed by atoms with E-state index in [-0.39, 0.29) is 23.9 Å². The van der Waals surface area contributed by atoms with Crippen LogP contribution in [-0.2, 0) is 12.8 Å². The number of benzene rings is 2. The van der Waals surface area contributed by atoms with Gasteiger partial charge in [-0.05, 0) is 71.9 Å². The maximum absolute atomic E-state index is 10.8. The van der Waals surface area contributed by atoms with Crippen LogP contribution in [0.5, 0.6) is 11.5 Å². The molecular formula is C30H42N2O2. The van der Waals surface area contributed by atoms with Crippen molar-refractivity contribution in [2.24, 2.45) is 9.98 Å². The zero-order chi connectivity index (χ0) is 24.8. The van der Waals surface area contributed by atoms with Crippen molar-refractivity contribution < 1.29 is 10.2 Å². The van der Waals surface area contributed by atoms with Crippen molar-refractivity contribution in [2.75, 3.05) is 0 Å². The van der Waals surface area contributed by atoms with Gasteiger partial charge in [-0.25, -0.2) is 0 Å². The zero-order valence-corrected chi connectivity index (χ0v) is 21.8. The van der Waals surface area contributed by atoms with Crippen LogP contribution in [0.2, 0.25) is 0 Å². The molecule has 4 heteroatoms. The van der Waals surface area contributed by atoms with Crippen LogP contribution in [0.25, 0.3) is 0 Å². The summed E-state index contributed by atoms with van der Waals surface area (Å²) in [6.45, 7) is 12.7. The maximum Gasteiger partial charge on any atom is 0.127 e. The average Bonchev–Trinajstić information content (AvgIpc) is 2.82. The summed E-state index contributed by atoms with van der Waals surface area (Å²) < 4.78 is 0. The molecule has 0 aliphatic heterocycles. The molecule has 1 aliphatic carbocycles. The number of phenols is 2. The third-order valence-corrected chi connectivity index (χ3v) is 7.02. The molecule has 3 rings (SSSR count). The summed E-state index contributed by atoms with van der Waals surface area (Å²) in [5, 5.41) is 21.7. The minimum atomic E-state index is 0.0817. The largest absolute Gasteiger partial charge is 0.507 e. The monoisotopic (exact) mass is 462 g/mol. The summed E-state index contributed by atoms with van der Waals surface area (Å²) in [5.41, 5.74) is 5.98. The van der Waals surface area contributed by atoms with Crippen molar-refractivity contribution >= 4 is 12.4 Å². The molecular weight excluding hydrogens is 420 g/mol. The van der Waals surface area contributed by atoms with Crippen LogP contribution in [0, 0.1) is 0 Å². The number of hydrogen-bond donors (Lipinski definition) is 2. The van der Waals surface area contributed by atoms with E-state index < -0.39 is 0 Å². The Hall–Kier alpha value is -2.62. The Morgan fingerprint density at radius 3 is 1.44 bits per heavy atom. The molecule has 1 saturated carbocycles. The van der Waals surface area contributed by atoms with E-state index >= 15 is 0 Å². The van der Waals surface area contributed by atoms with Crippen LogP contribution in [0.1, 0.15) is 112 Å². The molecule has 0 heterocycles. The Kier molecular flexibility index (Phi) is 8.93. The Morgan fingerprint density at radius 1 is 0.735 bits per heavy atom. The van der Waals surface area contributed by atoms with Crippen LogP contribution < -0.4 is 0 Å². The van der Waals surface area contributed by atoms with Gasteiger partial charge >= 0.3 is 0 Å². The standard InChI is InChI=1S/C30H42N2O2/c1-7-21-13-23(29(33)25(15-21)19(3)4)17-31-27-11-9-10-12-28(27)32-18-24-14-22(8-2)16-26(20(5)6)30(24)34/h13-20,27-28,33-34H,7-12H2,1-6H3. The lowest BCUT2D eigenvalue weighted by molar-refractivity contribution is 0.390. The maximum atomic E-state index is 10.8. The number of aromatic hydroxyl groups is 2. The van der Waals surface area contributed by atoms with Gasteiger partial charge in [0.1, 0.15) is 11.5 Å². The van der Waals surface area contributed by atoms with Crippen LogP contribution >= 0.6 is 0 Å². The van der Waals surface area contributed by atoms with Crippen LogP contribution in [0.3, 0.4) is 0 Å². The molecule has 2 atom stereocenters. The first-order valence-corrected chi connectivity index (χ1v) is 13.0. The van der Waals surface area contributed by atoms with E-state index in [0.717, 1.165) is 60.8 Å². The first-order valence-electron chi connectivity index (χ1n) is 13.0. The summed E-state index contributed by atoms with van der Waals surface area (Å²) in [7, 11) is 0. The summed E-state index contributed by atoms with van der Waals surface area (Å²) >= 11 is 0. The molecule has 2 unspecified atom stereocenters. The highest BCUT2D eigenvalue weighted by atomic mass is 16.3. The fourth-order valence-corrected chi connectivity index (χ4v) is 4.77. The van der Waals surface area contributed by atoms with E-state index in [1.165, 1.54) is 11.1 Å². The number of aliphatic imine (C=N–C) groups is 2. The van der Waals surface area contributed by atoms with Gasteiger partial charge in [-0.15, -0.1) is 0 Å². The predicted molar refractivity (Wildman–Crippen MR) is 144 cm³/mol. The van der Waals surface area contributed by atoms with Gasteiger partial charge in [0.2, 0.25) is 0 Å². The molecule has 2 aromatic carbocycles. The second-order valence-electron chi connectivity index (χ2n) is 10.2. The topological polar surface area (TPSA) is 65.2 Å². The smallest absolute Gasteiger partial charge is 0.127 e. The molecule has 1 fully saturated rings. The van der Waals surface area contributed by atoms with E-state index in [9.17, 15) is 10.2 Å². The van der Waals surface area contributed by atoms with Crippen molar-refractivity contribution in [1.82, 2.24) is 0 Å². The molecule has 2 N–H and O–H groups in total. The zero-order valence-electron chi connectivity index (χ0n) is 21.8. The third kappa shape index (κ3) is 6.08. The van der Waals surface area contributed by atoms with Gasteiger partial charge in [0.05, 0.1) is 12.1 Å².